The fourth-order valence-corrected chi connectivity index (χ4v) is 3.28. The van der Waals surface area contributed by atoms with Crippen molar-refractivity contribution < 1.29 is 14.6 Å². The zero-order valence-electron chi connectivity index (χ0n) is 12.2. The van der Waals surface area contributed by atoms with Crippen LogP contribution in [0.15, 0.2) is 0 Å². The summed E-state index contributed by atoms with van der Waals surface area (Å²) in [4.78, 5) is 18.9. The van der Waals surface area contributed by atoms with Gasteiger partial charge in [-0.05, 0) is 19.3 Å². The van der Waals surface area contributed by atoms with Crippen LogP contribution < -0.4 is 11.1 Å². The van der Waals surface area contributed by atoms with Crippen LogP contribution in [0, 0.1) is 0 Å². The number of ether oxygens (including phenoxy) is 1. The molecule has 1 aromatic rings. The Labute approximate surface area is 128 Å². The number of likely N-dealkylation sites (tertiary alicyclic amines) is 1. The predicted molar refractivity (Wildman–Crippen MR) is 82.7 cm³/mol. The third-order valence-corrected chi connectivity index (χ3v) is 4.55. The molecule has 0 bridgehead atoms. The van der Waals surface area contributed by atoms with Crippen LogP contribution in [0.1, 0.15) is 28.9 Å². The van der Waals surface area contributed by atoms with Crippen molar-refractivity contribution >= 4 is 28.2 Å². The molecule has 1 unspecified atom stereocenters. The first-order chi connectivity index (χ1) is 10.2. The number of hydrogen-bond acceptors (Lipinski definition) is 7. The van der Waals surface area contributed by atoms with E-state index in [9.17, 15) is 9.90 Å². The van der Waals surface area contributed by atoms with Crippen molar-refractivity contribution in [3.8, 4) is 0 Å². The lowest BCUT2D eigenvalue weighted by molar-refractivity contribution is 0.0508. The molecule has 7 nitrogen and oxygen atoms in total. The summed E-state index contributed by atoms with van der Waals surface area (Å²) in [7, 11) is 1.62. The number of nitrogens with one attached hydrogen (secondary N) is 1. The van der Waals surface area contributed by atoms with E-state index in [-0.39, 0.29) is 24.4 Å². The van der Waals surface area contributed by atoms with E-state index in [1.165, 1.54) is 11.3 Å². The molecule has 2 heterocycles. The lowest BCUT2D eigenvalue weighted by Crippen LogP contribution is -2.45. The highest BCUT2D eigenvalue weighted by molar-refractivity contribution is 7.18. The van der Waals surface area contributed by atoms with Crippen molar-refractivity contribution in [3.05, 3.63) is 4.88 Å². The van der Waals surface area contributed by atoms with Gasteiger partial charge in [-0.15, -0.1) is 0 Å². The molecule has 2 rings (SSSR count). The number of hydrogen-bond donors (Lipinski definition) is 3. The van der Waals surface area contributed by atoms with E-state index in [0.29, 0.717) is 29.7 Å². The molecule has 0 radical (unpaired) electrons. The molecule has 1 fully saturated rings. The maximum absolute atomic E-state index is 12.6. The average Bonchev–Trinajstić information content (AvgIpc) is 2.87. The minimum atomic E-state index is -0.136. The number of aromatic nitrogens is 1. The fourth-order valence-electron chi connectivity index (χ4n) is 2.41. The van der Waals surface area contributed by atoms with Gasteiger partial charge in [-0.2, -0.15) is 0 Å². The lowest BCUT2D eigenvalue weighted by atomic mass is 10.0. The monoisotopic (exact) mass is 314 g/mol. The van der Waals surface area contributed by atoms with Crippen LogP contribution in [-0.4, -0.2) is 60.4 Å². The first-order valence-corrected chi connectivity index (χ1v) is 7.90. The fraction of sp³-hybridized carbons (Fsp3) is 0.692. The highest BCUT2D eigenvalue weighted by Gasteiger charge is 2.29. The molecule has 8 heteroatoms. The standard InChI is InChI=1S/C13H22N4O3S/c1-20-7-5-15-13-16-11(14)10(21-13)12(19)17-6-3-2-4-9(17)8-18/h9,18H,2-8,14H2,1H3,(H,15,16). The van der Waals surface area contributed by atoms with Crippen LogP contribution in [0.3, 0.4) is 0 Å². The van der Waals surface area contributed by atoms with Crippen LogP contribution in [0.2, 0.25) is 0 Å². The van der Waals surface area contributed by atoms with E-state index in [0.717, 1.165) is 19.3 Å². The normalized spacial score (nSPS) is 18.8. The number of piperidine rings is 1. The molecular weight excluding hydrogens is 292 g/mol. The molecule has 4 N–H and O–H groups in total. The number of nitrogens with zero attached hydrogens (tertiary/aromatic N) is 2. The number of aliphatic hydroxyl groups is 1. The Balaban J connectivity index is 2.07. The van der Waals surface area contributed by atoms with Gasteiger partial charge < -0.3 is 25.8 Å². The van der Waals surface area contributed by atoms with Gasteiger partial charge >= 0.3 is 0 Å². The molecule has 0 spiro atoms. The summed E-state index contributed by atoms with van der Waals surface area (Å²) in [5, 5.41) is 13.1. The SMILES string of the molecule is COCCNc1nc(N)c(C(=O)N2CCCCC2CO)s1. The highest BCUT2D eigenvalue weighted by atomic mass is 32.1. The van der Waals surface area contributed by atoms with Crippen LogP contribution in [0.4, 0.5) is 10.9 Å². The number of aliphatic hydroxyl groups excluding tert-OH is 1. The quantitative estimate of drug-likeness (QED) is 0.671. The molecule has 0 aliphatic carbocycles. The van der Waals surface area contributed by atoms with Crippen molar-refractivity contribution in [2.75, 3.05) is 44.5 Å². The summed E-state index contributed by atoms with van der Waals surface area (Å²) in [5.41, 5.74) is 5.86. The van der Waals surface area contributed by atoms with E-state index in [1.807, 2.05) is 0 Å². The molecule has 21 heavy (non-hydrogen) atoms. The summed E-state index contributed by atoms with van der Waals surface area (Å²) in [6, 6.07) is -0.113. The number of anilines is 2. The largest absolute Gasteiger partial charge is 0.394 e. The van der Waals surface area contributed by atoms with Crippen LogP contribution in [0.5, 0.6) is 0 Å². The van der Waals surface area contributed by atoms with Gasteiger partial charge in [0.25, 0.3) is 5.91 Å². The van der Waals surface area contributed by atoms with Crippen molar-refractivity contribution in [1.82, 2.24) is 9.88 Å². The van der Waals surface area contributed by atoms with Crippen molar-refractivity contribution in [1.29, 1.82) is 0 Å². The number of carbonyl (C=O) groups is 1. The first kappa shape index (κ1) is 16.0. The number of methoxy groups -OCH3 is 1. The van der Waals surface area contributed by atoms with Crippen molar-refractivity contribution in [3.63, 3.8) is 0 Å². The van der Waals surface area contributed by atoms with Crippen molar-refractivity contribution in [2.24, 2.45) is 0 Å². The predicted octanol–water partition coefficient (Wildman–Crippen LogP) is 0.771. The number of amides is 1. The minimum absolute atomic E-state index is 0.0105. The van der Waals surface area contributed by atoms with Gasteiger partial charge in [-0.25, -0.2) is 4.98 Å². The zero-order chi connectivity index (χ0) is 15.2. The van der Waals surface area contributed by atoms with Crippen LogP contribution in [0.25, 0.3) is 0 Å². The van der Waals surface area contributed by atoms with Gasteiger partial charge in [0.15, 0.2) is 5.13 Å². The number of thiazole rings is 1. The summed E-state index contributed by atoms with van der Waals surface area (Å²) >= 11 is 1.25. The van der Waals surface area contributed by atoms with E-state index < -0.39 is 0 Å². The molecule has 118 valence electrons. The number of carbonyl (C=O) groups excluding carboxylic acids is 1. The number of nitrogens with two attached hydrogens (primary N) is 1. The molecule has 1 saturated heterocycles. The number of rotatable bonds is 6. The van der Waals surface area contributed by atoms with E-state index in [4.69, 9.17) is 10.5 Å². The lowest BCUT2D eigenvalue weighted by Gasteiger charge is -2.34. The van der Waals surface area contributed by atoms with E-state index in [2.05, 4.69) is 10.3 Å². The topological polar surface area (TPSA) is 101 Å². The van der Waals surface area contributed by atoms with Crippen molar-refractivity contribution in [2.45, 2.75) is 25.3 Å². The summed E-state index contributed by atoms with van der Waals surface area (Å²) < 4.78 is 4.95. The third-order valence-electron chi connectivity index (χ3n) is 3.53. The second kappa shape index (κ2) is 7.58. The number of nitrogen functional groups attached to an aromatic ring is 1. The van der Waals surface area contributed by atoms with Gasteiger partial charge in [-0.3, -0.25) is 4.79 Å². The Morgan fingerprint density at radius 2 is 2.43 bits per heavy atom. The van der Waals surface area contributed by atoms with Gasteiger partial charge in [0.2, 0.25) is 0 Å². The van der Waals surface area contributed by atoms with Gasteiger partial charge in [0.05, 0.1) is 19.3 Å². The van der Waals surface area contributed by atoms with Gasteiger partial charge in [0.1, 0.15) is 10.7 Å². The maximum Gasteiger partial charge on any atom is 0.268 e. The van der Waals surface area contributed by atoms with Gasteiger partial charge in [0, 0.05) is 20.2 Å². The smallest absolute Gasteiger partial charge is 0.268 e. The Morgan fingerprint density at radius 1 is 1.62 bits per heavy atom. The third kappa shape index (κ3) is 3.84. The van der Waals surface area contributed by atoms with Crippen LogP contribution in [-0.2, 0) is 4.74 Å². The molecule has 1 atom stereocenters. The first-order valence-electron chi connectivity index (χ1n) is 7.08. The molecule has 0 aromatic carbocycles. The second-order valence-electron chi connectivity index (χ2n) is 4.98. The van der Waals surface area contributed by atoms with Gasteiger partial charge in [-0.1, -0.05) is 11.3 Å². The summed E-state index contributed by atoms with van der Waals surface area (Å²) in [6.45, 7) is 1.82. The Morgan fingerprint density at radius 3 is 3.14 bits per heavy atom. The van der Waals surface area contributed by atoms with Crippen LogP contribution >= 0.6 is 11.3 Å². The Bertz CT molecular complexity index is 480. The van der Waals surface area contributed by atoms with E-state index >= 15 is 0 Å². The zero-order valence-corrected chi connectivity index (χ0v) is 13.0. The Hall–Kier alpha value is -1.38. The molecule has 1 amide bonds. The summed E-state index contributed by atoms with van der Waals surface area (Å²) in [6.07, 6.45) is 2.83. The average molecular weight is 314 g/mol. The van der Waals surface area contributed by atoms with E-state index in [1.54, 1.807) is 12.0 Å². The molecule has 0 saturated carbocycles. The highest BCUT2D eigenvalue weighted by Crippen LogP contribution is 2.28. The summed E-state index contributed by atoms with van der Waals surface area (Å²) in [5.74, 6) is 0.107. The minimum Gasteiger partial charge on any atom is -0.394 e. The maximum atomic E-state index is 12.6. The molecular formula is C13H22N4O3S. The molecule has 1 aliphatic heterocycles. The molecule has 1 aliphatic rings. The molecule has 1 aromatic heterocycles. The second-order valence-corrected chi connectivity index (χ2v) is 5.98. The Kier molecular flexibility index (Phi) is 5.77.